The van der Waals surface area contributed by atoms with Gasteiger partial charge in [0.1, 0.15) is 5.84 Å². The van der Waals surface area contributed by atoms with Gasteiger partial charge < -0.3 is 25.5 Å². The normalized spacial score (nSPS) is 13.7. The van der Waals surface area contributed by atoms with Gasteiger partial charge in [0.15, 0.2) is 11.6 Å². The Kier molecular flexibility index (Phi) is 22.1. The number of rotatable bonds is 6. The van der Waals surface area contributed by atoms with Gasteiger partial charge in [-0.1, -0.05) is 46.9 Å². The number of halogens is 4. The molecule has 43 heavy (non-hydrogen) atoms. The van der Waals surface area contributed by atoms with Gasteiger partial charge in [0.25, 0.3) is 5.91 Å². The average molecular weight is 616 g/mol. The van der Waals surface area contributed by atoms with E-state index < -0.39 is 23.5 Å². The highest BCUT2D eigenvalue weighted by atomic mass is 19.4. The number of carbonyl (C=O) groups is 1. The summed E-state index contributed by atoms with van der Waals surface area (Å²) in [6.07, 6.45) is -0.714. The van der Waals surface area contributed by atoms with Crippen molar-refractivity contribution < 1.29 is 32.2 Å². The maximum Gasteiger partial charge on any atom is 0.416 e. The Morgan fingerprint density at radius 3 is 2.23 bits per heavy atom. The minimum Gasteiger partial charge on any atom is -0.516 e. The van der Waals surface area contributed by atoms with Crippen LogP contribution in [0.1, 0.15) is 66.9 Å². The molecule has 1 aliphatic heterocycles. The number of aliphatic hydroxyl groups excluding tert-OH is 1. The molecule has 0 atom stereocenters. The van der Waals surface area contributed by atoms with Crippen molar-refractivity contribution in [3.8, 4) is 0 Å². The average Bonchev–Trinajstić information content (AvgIpc) is 3.23. The Hall–Kier alpha value is -3.64. The van der Waals surface area contributed by atoms with Crippen molar-refractivity contribution in [3.63, 3.8) is 0 Å². The molecule has 1 heterocycles. The summed E-state index contributed by atoms with van der Waals surface area (Å²) in [5.74, 6) is 6.03. The fourth-order valence-corrected chi connectivity index (χ4v) is 2.68. The van der Waals surface area contributed by atoms with Crippen LogP contribution in [0.2, 0.25) is 0 Å². The number of aliphatic hydroxyl groups is 1. The van der Waals surface area contributed by atoms with E-state index in [2.05, 4.69) is 49.7 Å². The van der Waals surface area contributed by atoms with Crippen molar-refractivity contribution in [2.45, 2.75) is 67.5 Å². The molecular weight excluding hydrogens is 566 g/mol. The number of amides is 1. The summed E-state index contributed by atoms with van der Waals surface area (Å²) in [5, 5.41) is 10.3. The lowest BCUT2D eigenvalue weighted by atomic mass is 10.2. The number of hydrogen-bond donors (Lipinski definition) is 4. The van der Waals surface area contributed by atoms with Crippen molar-refractivity contribution >= 4 is 17.4 Å². The van der Waals surface area contributed by atoms with Crippen LogP contribution in [0.15, 0.2) is 77.5 Å². The Morgan fingerprint density at radius 1 is 1.21 bits per heavy atom. The first-order chi connectivity index (χ1) is 20.0. The molecule has 0 unspecified atom stereocenters. The second-order valence-corrected chi connectivity index (χ2v) is 10.1. The summed E-state index contributed by atoms with van der Waals surface area (Å²) in [4.78, 5) is 17.3. The standard InChI is InChI=1S/C12H21FN4O.C11H10F3NO.C4H8O.C4H10/c1-3-10(13)12(15-11(4-2)16-14)17-6-5-8-18-9-7-17;1-7(2)10(16)15-9-5-3-4-8(6-9)11(12,13)14;1-4(2)3-5;1-4(2)3/h3H,1,4-9,14H2,2H3,(H,15,16);3-6H,1H2,2H3,(H,15,16);3,5H,1-2H3;4H,1-3H3/b12-10-;;;. The Labute approximate surface area is 254 Å². The van der Waals surface area contributed by atoms with Crippen LogP contribution in [0.25, 0.3) is 0 Å². The molecule has 0 aromatic heterocycles. The van der Waals surface area contributed by atoms with Gasteiger partial charge in [0.2, 0.25) is 0 Å². The molecule has 1 fully saturated rings. The van der Waals surface area contributed by atoms with Gasteiger partial charge in [0, 0.05) is 37.4 Å². The number of hydrazine groups is 1. The van der Waals surface area contributed by atoms with Crippen LogP contribution >= 0.6 is 0 Å². The van der Waals surface area contributed by atoms with Crippen molar-refractivity contribution in [2.24, 2.45) is 16.8 Å². The molecule has 0 aliphatic carbocycles. The molecule has 0 saturated carbocycles. The number of nitrogens with two attached hydrogens (primary N) is 1. The van der Waals surface area contributed by atoms with E-state index in [1.807, 2.05) is 25.7 Å². The van der Waals surface area contributed by atoms with E-state index in [0.717, 1.165) is 42.4 Å². The first kappa shape index (κ1) is 41.5. The van der Waals surface area contributed by atoms with Crippen molar-refractivity contribution in [1.82, 2.24) is 10.3 Å². The smallest absolute Gasteiger partial charge is 0.416 e. The number of nitrogens with zero attached hydrogens (tertiary/aromatic N) is 2. The van der Waals surface area contributed by atoms with E-state index in [4.69, 9.17) is 15.7 Å². The van der Waals surface area contributed by atoms with Gasteiger partial charge >= 0.3 is 6.18 Å². The van der Waals surface area contributed by atoms with Crippen molar-refractivity contribution in [1.29, 1.82) is 0 Å². The monoisotopic (exact) mass is 615 g/mol. The van der Waals surface area contributed by atoms with E-state index in [1.54, 1.807) is 0 Å². The third kappa shape index (κ3) is 20.8. The summed E-state index contributed by atoms with van der Waals surface area (Å²) in [6.45, 7) is 23.0. The number of allylic oxidation sites excluding steroid dienone is 3. The molecule has 1 aromatic carbocycles. The van der Waals surface area contributed by atoms with Crippen molar-refractivity contribution in [2.75, 3.05) is 31.6 Å². The number of alkyl halides is 3. The number of aliphatic imine (C=N–C) groups is 1. The Balaban J connectivity index is 0. The Morgan fingerprint density at radius 2 is 1.79 bits per heavy atom. The van der Waals surface area contributed by atoms with Gasteiger partial charge in [-0.3, -0.25) is 4.79 Å². The molecule has 5 N–H and O–H groups in total. The zero-order chi connectivity index (χ0) is 33.6. The fraction of sp³-hybridized carbons (Fsp3) is 0.484. The predicted octanol–water partition coefficient (Wildman–Crippen LogP) is 7.66. The summed E-state index contributed by atoms with van der Waals surface area (Å²) < 4.78 is 56.2. The zero-order valence-corrected chi connectivity index (χ0v) is 26.4. The van der Waals surface area contributed by atoms with Crippen LogP contribution in [0.4, 0.5) is 23.2 Å². The van der Waals surface area contributed by atoms with E-state index in [-0.39, 0.29) is 17.1 Å². The van der Waals surface area contributed by atoms with Gasteiger partial charge in [-0.25, -0.2) is 15.2 Å². The van der Waals surface area contributed by atoms with Crippen LogP contribution in [0.3, 0.4) is 0 Å². The molecule has 8 nitrogen and oxygen atoms in total. The molecule has 0 radical (unpaired) electrons. The fourth-order valence-electron chi connectivity index (χ4n) is 2.68. The van der Waals surface area contributed by atoms with E-state index >= 15 is 0 Å². The molecule has 2 rings (SSSR count). The first-order valence-electron chi connectivity index (χ1n) is 13.8. The predicted molar refractivity (Wildman–Crippen MR) is 168 cm³/mol. The third-order valence-electron chi connectivity index (χ3n) is 4.75. The number of benzene rings is 1. The van der Waals surface area contributed by atoms with Crippen LogP contribution in [-0.4, -0.2) is 48.1 Å². The minimum atomic E-state index is -4.41. The third-order valence-corrected chi connectivity index (χ3v) is 4.75. The van der Waals surface area contributed by atoms with Crippen LogP contribution in [0.5, 0.6) is 0 Å². The van der Waals surface area contributed by atoms with Crippen LogP contribution in [0, 0.1) is 5.92 Å². The highest BCUT2D eigenvalue weighted by molar-refractivity contribution is 6.02. The summed E-state index contributed by atoms with van der Waals surface area (Å²) in [6, 6.07) is 4.43. The van der Waals surface area contributed by atoms with Gasteiger partial charge in [-0.15, -0.1) is 0 Å². The highest BCUT2D eigenvalue weighted by Crippen LogP contribution is 2.30. The quantitative estimate of drug-likeness (QED) is 0.0382. The zero-order valence-electron chi connectivity index (χ0n) is 26.4. The molecule has 12 heteroatoms. The maximum atomic E-state index is 13.9. The van der Waals surface area contributed by atoms with Gasteiger partial charge in [0.05, 0.1) is 18.4 Å². The molecule has 1 aliphatic rings. The molecule has 1 aromatic rings. The lowest BCUT2D eigenvalue weighted by molar-refractivity contribution is -0.137. The lowest BCUT2D eigenvalue weighted by Gasteiger charge is -2.22. The van der Waals surface area contributed by atoms with E-state index in [0.29, 0.717) is 38.6 Å². The summed E-state index contributed by atoms with van der Waals surface area (Å²) >= 11 is 0. The molecular formula is C31H49F4N5O3. The van der Waals surface area contributed by atoms with Gasteiger partial charge in [-0.05, 0) is 63.0 Å². The first-order valence-corrected chi connectivity index (χ1v) is 13.8. The van der Waals surface area contributed by atoms with Crippen molar-refractivity contribution in [3.05, 3.63) is 78.1 Å². The van der Waals surface area contributed by atoms with E-state index in [1.165, 1.54) is 19.1 Å². The second-order valence-electron chi connectivity index (χ2n) is 10.1. The van der Waals surface area contributed by atoms with Gasteiger partial charge in [-0.2, -0.15) is 13.2 Å². The minimum absolute atomic E-state index is 0.0998. The number of hydrogen-bond acceptors (Lipinski definition) is 6. The molecule has 0 bridgehead atoms. The van der Waals surface area contributed by atoms with Crippen LogP contribution in [-0.2, 0) is 15.7 Å². The van der Waals surface area contributed by atoms with E-state index in [9.17, 15) is 22.4 Å². The number of amidine groups is 1. The number of ether oxygens (including phenoxy) is 1. The SMILES string of the molecule is C=C(C)C(=O)Nc1cccc(C(F)(F)F)c1.C=C/C(F)=C(\N=C(/CC)NN)N1CCCOCC1.CC(C)=CO.CC(C)C. The number of nitrogens with one attached hydrogen (secondary N) is 2. The second kappa shape index (κ2) is 22.9. The highest BCUT2D eigenvalue weighted by Gasteiger charge is 2.30. The molecule has 1 saturated heterocycles. The molecule has 244 valence electrons. The largest absolute Gasteiger partial charge is 0.516 e. The molecule has 1 amide bonds. The Bertz CT molecular complexity index is 1060. The maximum absolute atomic E-state index is 13.9. The number of anilines is 1. The molecule has 0 spiro atoms. The summed E-state index contributed by atoms with van der Waals surface area (Å²) in [7, 11) is 0. The summed E-state index contributed by atoms with van der Waals surface area (Å²) in [5.41, 5.74) is 2.94. The lowest BCUT2D eigenvalue weighted by Crippen LogP contribution is -2.32. The van der Waals surface area contributed by atoms with Crippen LogP contribution < -0.4 is 16.6 Å². The topological polar surface area (TPSA) is 112 Å². The number of carbonyl (C=O) groups excluding carboxylic acids is 1.